The Kier molecular flexibility index (Phi) is 4.35. The number of amides is 1. The average molecular weight is 307 g/mol. The van der Waals surface area contributed by atoms with Crippen LogP contribution < -0.4 is 0 Å². The minimum atomic E-state index is 0.0491. The van der Waals surface area contributed by atoms with Crippen LogP contribution in [-0.2, 0) is 6.54 Å². The highest BCUT2D eigenvalue weighted by atomic mass is 32.1. The summed E-state index contributed by atoms with van der Waals surface area (Å²) >= 11 is 1.67. The van der Waals surface area contributed by atoms with E-state index >= 15 is 0 Å². The number of rotatable bonds is 4. The van der Waals surface area contributed by atoms with E-state index in [1.807, 2.05) is 67.0 Å². The second-order valence-corrected chi connectivity index (χ2v) is 6.22. The van der Waals surface area contributed by atoms with Gasteiger partial charge >= 0.3 is 0 Å². The molecular weight excluding hydrogens is 290 g/mol. The van der Waals surface area contributed by atoms with E-state index in [-0.39, 0.29) is 5.91 Å². The molecule has 1 heterocycles. The van der Waals surface area contributed by atoms with Crippen molar-refractivity contribution in [3.05, 3.63) is 82.6 Å². The first-order valence-electron chi connectivity index (χ1n) is 7.17. The van der Waals surface area contributed by atoms with Crippen LogP contribution in [0.5, 0.6) is 0 Å². The molecule has 110 valence electrons. The zero-order valence-electron chi connectivity index (χ0n) is 12.4. The Hall–Kier alpha value is -2.39. The fourth-order valence-corrected chi connectivity index (χ4v) is 3.12. The van der Waals surface area contributed by atoms with Crippen LogP contribution in [-0.4, -0.2) is 17.9 Å². The molecular formula is C19H17NOS. The Balaban J connectivity index is 1.73. The number of benzene rings is 2. The fraction of sp³-hybridized carbons (Fsp3) is 0.105. The third-order valence-corrected chi connectivity index (χ3v) is 4.42. The summed E-state index contributed by atoms with van der Waals surface area (Å²) in [7, 11) is 1.84. The van der Waals surface area contributed by atoms with Gasteiger partial charge < -0.3 is 4.90 Å². The summed E-state index contributed by atoms with van der Waals surface area (Å²) in [5.41, 5.74) is 3.00. The van der Waals surface area contributed by atoms with Crippen molar-refractivity contribution in [3.63, 3.8) is 0 Å². The van der Waals surface area contributed by atoms with Crippen LogP contribution in [0.3, 0.4) is 0 Å². The Morgan fingerprint density at radius 3 is 2.23 bits per heavy atom. The first kappa shape index (κ1) is 14.5. The van der Waals surface area contributed by atoms with Crippen molar-refractivity contribution in [2.24, 2.45) is 0 Å². The van der Waals surface area contributed by atoms with Crippen LogP contribution in [0.25, 0.3) is 11.1 Å². The van der Waals surface area contributed by atoms with Gasteiger partial charge in [-0.1, -0.05) is 48.5 Å². The van der Waals surface area contributed by atoms with E-state index in [1.54, 1.807) is 16.2 Å². The normalized spacial score (nSPS) is 10.4. The molecule has 0 unspecified atom stereocenters. The highest BCUT2D eigenvalue weighted by Crippen LogP contribution is 2.20. The SMILES string of the molecule is CN(Cc1cccs1)C(=O)c1ccc(-c2ccccc2)cc1. The van der Waals surface area contributed by atoms with E-state index in [4.69, 9.17) is 0 Å². The fourth-order valence-electron chi connectivity index (χ4n) is 2.36. The number of hydrogen-bond donors (Lipinski definition) is 0. The molecule has 22 heavy (non-hydrogen) atoms. The van der Waals surface area contributed by atoms with Crippen molar-refractivity contribution >= 4 is 17.2 Å². The molecule has 0 aliphatic rings. The van der Waals surface area contributed by atoms with E-state index in [0.29, 0.717) is 6.54 Å². The van der Waals surface area contributed by atoms with Crippen LogP contribution in [0.15, 0.2) is 72.1 Å². The maximum atomic E-state index is 12.4. The summed E-state index contributed by atoms with van der Waals surface area (Å²) in [5, 5.41) is 2.03. The van der Waals surface area contributed by atoms with E-state index < -0.39 is 0 Å². The van der Waals surface area contributed by atoms with Crippen LogP contribution in [0.4, 0.5) is 0 Å². The van der Waals surface area contributed by atoms with Crippen molar-refractivity contribution in [3.8, 4) is 11.1 Å². The third kappa shape index (κ3) is 3.26. The molecule has 0 saturated heterocycles. The zero-order valence-corrected chi connectivity index (χ0v) is 13.2. The van der Waals surface area contributed by atoms with Gasteiger partial charge in [0.25, 0.3) is 5.91 Å². The van der Waals surface area contributed by atoms with E-state index in [2.05, 4.69) is 12.1 Å². The van der Waals surface area contributed by atoms with Crippen LogP contribution in [0.1, 0.15) is 15.2 Å². The molecule has 2 aromatic carbocycles. The van der Waals surface area contributed by atoms with Gasteiger partial charge in [-0.25, -0.2) is 0 Å². The molecule has 0 atom stereocenters. The van der Waals surface area contributed by atoms with E-state index in [0.717, 1.165) is 16.7 Å². The standard InChI is InChI=1S/C19H17NOS/c1-20(14-18-8-5-13-22-18)19(21)17-11-9-16(10-12-17)15-6-3-2-4-7-15/h2-13H,14H2,1H3. The maximum absolute atomic E-state index is 12.4. The molecule has 0 fully saturated rings. The number of carbonyl (C=O) groups is 1. The van der Waals surface area contributed by atoms with Gasteiger partial charge in [0.15, 0.2) is 0 Å². The van der Waals surface area contributed by atoms with Crippen LogP contribution in [0, 0.1) is 0 Å². The highest BCUT2D eigenvalue weighted by molar-refractivity contribution is 7.09. The molecule has 0 radical (unpaired) electrons. The first-order chi connectivity index (χ1) is 10.7. The van der Waals surface area contributed by atoms with Gasteiger partial charge in [-0.05, 0) is 34.7 Å². The van der Waals surface area contributed by atoms with Crippen molar-refractivity contribution in [1.82, 2.24) is 4.90 Å². The van der Waals surface area contributed by atoms with Gasteiger partial charge in [0.05, 0.1) is 6.54 Å². The lowest BCUT2D eigenvalue weighted by Gasteiger charge is -2.16. The maximum Gasteiger partial charge on any atom is 0.253 e. The minimum absolute atomic E-state index is 0.0491. The second-order valence-electron chi connectivity index (χ2n) is 5.18. The van der Waals surface area contributed by atoms with Gasteiger partial charge in [0.2, 0.25) is 0 Å². The monoisotopic (exact) mass is 307 g/mol. The van der Waals surface area contributed by atoms with Crippen LogP contribution >= 0.6 is 11.3 Å². The van der Waals surface area contributed by atoms with Gasteiger partial charge in [0, 0.05) is 17.5 Å². The lowest BCUT2D eigenvalue weighted by Crippen LogP contribution is -2.25. The Labute approximate surface area is 134 Å². The smallest absolute Gasteiger partial charge is 0.253 e. The molecule has 1 amide bonds. The topological polar surface area (TPSA) is 20.3 Å². The Morgan fingerprint density at radius 2 is 1.59 bits per heavy atom. The molecule has 0 bridgehead atoms. The van der Waals surface area contributed by atoms with Crippen molar-refractivity contribution < 1.29 is 4.79 Å². The van der Waals surface area contributed by atoms with Crippen LogP contribution in [0.2, 0.25) is 0 Å². The number of nitrogens with zero attached hydrogens (tertiary/aromatic N) is 1. The number of thiophene rings is 1. The van der Waals surface area contributed by atoms with Crippen molar-refractivity contribution in [2.45, 2.75) is 6.54 Å². The van der Waals surface area contributed by atoms with Crippen molar-refractivity contribution in [2.75, 3.05) is 7.05 Å². The summed E-state index contributed by atoms with van der Waals surface area (Å²) in [6, 6.07) is 22.0. The predicted molar refractivity (Wildman–Crippen MR) is 92.0 cm³/mol. The molecule has 0 aliphatic carbocycles. The largest absolute Gasteiger partial charge is 0.337 e. The molecule has 0 aliphatic heterocycles. The highest BCUT2D eigenvalue weighted by Gasteiger charge is 2.12. The average Bonchev–Trinajstić information content (AvgIpc) is 3.08. The lowest BCUT2D eigenvalue weighted by atomic mass is 10.0. The van der Waals surface area contributed by atoms with E-state index in [9.17, 15) is 4.79 Å². The van der Waals surface area contributed by atoms with Gasteiger partial charge in [-0.2, -0.15) is 0 Å². The number of hydrogen-bond acceptors (Lipinski definition) is 2. The van der Waals surface area contributed by atoms with Gasteiger partial charge in [0.1, 0.15) is 0 Å². The second kappa shape index (κ2) is 6.58. The summed E-state index contributed by atoms with van der Waals surface area (Å²) in [6.45, 7) is 0.650. The summed E-state index contributed by atoms with van der Waals surface area (Å²) in [6.07, 6.45) is 0. The predicted octanol–water partition coefficient (Wildman–Crippen LogP) is 4.69. The zero-order chi connectivity index (χ0) is 15.4. The summed E-state index contributed by atoms with van der Waals surface area (Å²) in [4.78, 5) is 15.4. The molecule has 1 aromatic heterocycles. The van der Waals surface area contributed by atoms with Gasteiger partial charge in [-0.3, -0.25) is 4.79 Å². The first-order valence-corrected chi connectivity index (χ1v) is 8.05. The molecule has 3 aromatic rings. The summed E-state index contributed by atoms with van der Waals surface area (Å²) in [5.74, 6) is 0.0491. The summed E-state index contributed by atoms with van der Waals surface area (Å²) < 4.78 is 0. The molecule has 0 saturated carbocycles. The Morgan fingerprint density at radius 1 is 0.909 bits per heavy atom. The Bertz CT molecular complexity index is 733. The minimum Gasteiger partial charge on any atom is -0.337 e. The molecule has 2 nitrogen and oxygen atoms in total. The van der Waals surface area contributed by atoms with E-state index in [1.165, 1.54) is 4.88 Å². The third-order valence-electron chi connectivity index (χ3n) is 3.56. The van der Waals surface area contributed by atoms with Gasteiger partial charge in [-0.15, -0.1) is 11.3 Å². The lowest BCUT2D eigenvalue weighted by molar-refractivity contribution is 0.0786. The molecule has 0 N–H and O–H groups in total. The molecule has 0 spiro atoms. The number of carbonyl (C=O) groups excluding carboxylic acids is 1. The molecule has 3 rings (SSSR count). The molecule has 3 heteroatoms. The quantitative estimate of drug-likeness (QED) is 0.685. The van der Waals surface area contributed by atoms with Crippen molar-refractivity contribution in [1.29, 1.82) is 0 Å².